The molecule has 4 N–H and O–H groups in total. The van der Waals surface area contributed by atoms with Crippen molar-refractivity contribution >= 4 is 11.8 Å². The zero-order chi connectivity index (χ0) is 16.3. The van der Waals surface area contributed by atoms with E-state index in [1.54, 1.807) is 0 Å². The molecule has 0 aliphatic carbocycles. The van der Waals surface area contributed by atoms with Gasteiger partial charge in [0.05, 0.1) is 0 Å². The van der Waals surface area contributed by atoms with Crippen LogP contribution in [0.3, 0.4) is 0 Å². The van der Waals surface area contributed by atoms with E-state index in [1.165, 1.54) is 30.5 Å². The van der Waals surface area contributed by atoms with Crippen molar-refractivity contribution in [3.63, 3.8) is 0 Å². The SMILES string of the molecule is Nc1ncc(Cc2ccc(OC(F)(F)C(F)F)cc2)c(N)n1. The number of nitrogen functional groups attached to an aromatic ring is 2. The summed E-state index contributed by atoms with van der Waals surface area (Å²) in [6.07, 6.45) is -6.65. The minimum atomic E-state index is -4.53. The maximum atomic E-state index is 12.8. The molecule has 2 aromatic rings. The van der Waals surface area contributed by atoms with E-state index in [2.05, 4.69) is 14.7 Å². The van der Waals surface area contributed by atoms with Gasteiger partial charge in [0.25, 0.3) is 0 Å². The summed E-state index contributed by atoms with van der Waals surface area (Å²) in [5.74, 6) is -0.119. The number of halogens is 4. The van der Waals surface area contributed by atoms with Gasteiger partial charge in [-0.05, 0) is 17.7 Å². The van der Waals surface area contributed by atoms with Crippen LogP contribution in [0.2, 0.25) is 0 Å². The smallest absolute Gasteiger partial charge is 0.428 e. The molecule has 1 aromatic heterocycles. The van der Waals surface area contributed by atoms with E-state index in [-0.39, 0.29) is 17.5 Å². The zero-order valence-electron chi connectivity index (χ0n) is 11.1. The molecule has 1 aromatic carbocycles. The van der Waals surface area contributed by atoms with Crippen LogP contribution in [0, 0.1) is 0 Å². The summed E-state index contributed by atoms with van der Waals surface area (Å²) in [6.45, 7) is 0. The molecule has 9 heteroatoms. The van der Waals surface area contributed by atoms with Crippen molar-refractivity contribution in [2.45, 2.75) is 19.0 Å². The molecular weight excluding hydrogens is 304 g/mol. The Hall–Kier alpha value is -2.58. The number of anilines is 2. The first-order chi connectivity index (χ1) is 10.3. The summed E-state index contributed by atoms with van der Waals surface area (Å²) in [5.41, 5.74) is 12.3. The summed E-state index contributed by atoms with van der Waals surface area (Å²) in [7, 11) is 0. The minimum Gasteiger partial charge on any atom is -0.428 e. The Balaban J connectivity index is 2.09. The van der Waals surface area contributed by atoms with Crippen molar-refractivity contribution in [1.82, 2.24) is 9.97 Å². The van der Waals surface area contributed by atoms with E-state index in [0.717, 1.165) is 0 Å². The molecule has 0 spiro atoms. The van der Waals surface area contributed by atoms with Gasteiger partial charge in [-0.25, -0.2) is 4.98 Å². The number of alkyl halides is 4. The first-order valence-corrected chi connectivity index (χ1v) is 6.08. The molecule has 118 valence electrons. The van der Waals surface area contributed by atoms with Gasteiger partial charge in [-0.1, -0.05) is 12.1 Å². The topological polar surface area (TPSA) is 87.0 Å². The average molecular weight is 316 g/mol. The molecule has 0 radical (unpaired) electrons. The zero-order valence-corrected chi connectivity index (χ0v) is 11.1. The molecular formula is C13H12F4N4O. The summed E-state index contributed by atoms with van der Waals surface area (Å²) in [4.78, 5) is 7.59. The molecule has 0 fully saturated rings. The second-order valence-electron chi connectivity index (χ2n) is 4.42. The number of ether oxygens (including phenoxy) is 1. The second-order valence-corrected chi connectivity index (χ2v) is 4.42. The van der Waals surface area contributed by atoms with Gasteiger partial charge in [0.2, 0.25) is 5.95 Å². The predicted octanol–water partition coefficient (Wildman–Crippen LogP) is 2.47. The van der Waals surface area contributed by atoms with Crippen LogP contribution in [0.15, 0.2) is 30.5 Å². The van der Waals surface area contributed by atoms with Gasteiger partial charge in [-0.2, -0.15) is 22.5 Å². The van der Waals surface area contributed by atoms with Gasteiger partial charge in [0.1, 0.15) is 11.6 Å². The molecule has 1 heterocycles. The molecule has 0 atom stereocenters. The number of rotatable bonds is 5. The van der Waals surface area contributed by atoms with Crippen LogP contribution in [0.5, 0.6) is 5.75 Å². The number of nitrogens with zero attached hydrogens (tertiary/aromatic N) is 2. The van der Waals surface area contributed by atoms with Gasteiger partial charge >= 0.3 is 12.5 Å². The largest absolute Gasteiger partial charge is 0.461 e. The fourth-order valence-corrected chi connectivity index (χ4v) is 1.67. The van der Waals surface area contributed by atoms with Crippen molar-refractivity contribution in [2.24, 2.45) is 0 Å². The maximum absolute atomic E-state index is 12.8. The molecule has 0 amide bonds. The van der Waals surface area contributed by atoms with Crippen molar-refractivity contribution < 1.29 is 22.3 Å². The fourth-order valence-electron chi connectivity index (χ4n) is 1.67. The molecule has 0 unspecified atom stereocenters. The summed E-state index contributed by atoms with van der Waals surface area (Å²) >= 11 is 0. The highest BCUT2D eigenvalue weighted by atomic mass is 19.3. The minimum absolute atomic E-state index is 0.0410. The van der Waals surface area contributed by atoms with Gasteiger partial charge in [-0.3, -0.25) is 0 Å². The highest BCUT2D eigenvalue weighted by Crippen LogP contribution is 2.27. The van der Waals surface area contributed by atoms with E-state index >= 15 is 0 Å². The number of hydrogen-bond acceptors (Lipinski definition) is 5. The third-order valence-electron chi connectivity index (χ3n) is 2.74. The van der Waals surface area contributed by atoms with Crippen molar-refractivity contribution in [3.8, 4) is 5.75 Å². The third kappa shape index (κ3) is 3.74. The molecule has 2 rings (SSSR count). The van der Waals surface area contributed by atoms with Gasteiger partial charge < -0.3 is 16.2 Å². The van der Waals surface area contributed by atoms with E-state index in [4.69, 9.17) is 11.5 Å². The third-order valence-corrected chi connectivity index (χ3v) is 2.74. The van der Waals surface area contributed by atoms with Crippen LogP contribution in [0.1, 0.15) is 11.1 Å². The fraction of sp³-hybridized carbons (Fsp3) is 0.231. The lowest BCUT2D eigenvalue weighted by Crippen LogP contribution is -2.33. The average Bonchev–Trinajstić information content (AvgIpc) is 2.43. The molecule has 0 bridgehead atoms. The van der Waals surface area contributed by atoms with Crippen LogP contribution in [-0.4, -0.2) is 22.5 Å². The van der Waals surface area contributed by atoms with Crippen molar-refractivity contribution in [3.05, 3.63) is 41.6 Å². The highest BCUT2D eigenvalue weighted by molar-refractivity contribution is 5.44. The van der Waals surface area contributed by atoms with Crippen LogP contribution in [-0.2, 0) is 6.42 Å². The summed E-state index contributed by atoms with van der Waals surface area (Å²) < 4.78 is 53.5. The Morgan fingerprint density at radius 2 is 1.77 bits per heavy atom. The Labute approximate surface area is 122 Å². The molecule has 0 saturated carbocycles. The predicted molar refractivity (Wildman–Crippen MR) is 71.7 cm³/mol. The summed E-state index contributed by atoms with van der Waals surface area (Å²) in [5, 5.41) is 0. The van der Waals surface area contributed by atoms with Crippen LogP contribution in [0.25, 0.3) is 0 Å². The van der Waals surface area contributed by atoms with Crippen molar-refractivity contribution in [2.75, 3.05) is 11.5 Å². The first-order valence-electron chi connectivity index (χ1n) is 6.08. The standard InChI is InChI=1S/C13H12F4N4O/c14-11(15)13(16,17)22-9-3-1-7(2-4-9)5-8-6-20-12(19)21-10(8)18/h1-4,6,11H,5H2,(H4,18,19,20,21). The Bertz CT molecular complexity index is 649. The molecule has 0 saturated heterocycles. The number of benzene rings is 1. The number of nitrogens with two attached hydrogens (primary N) is 2. The molecule has 22 heavy (non-hydrogen) atoms. The molecule has 5 nitrogen and oxygen atoms in total. The lowest BCUT2D eigenvalue weighted by Gasteiger charge is -2.16. The van der Waals surface area contributed by atoms with Gasteiger partial charge in [0, 0.05) is 18.2 Å². The Kier molecular flexibility index (Phi) is 4.34. The molecule has 0 aliphatic rings. The van der Waals surface area contributed by atoms with E-state index in [9.17, 15) is 17.6 Å². The normalized spacial score (nSPS) is 11.7. The quantitative estimate of drug-likeness (QED) is 0.828. The van der Waals surface area contributed by atoms with Gasteiger partial charge in [-0.15, -0.1) is 0 Å². The lowest BCUT2D eigenvalue weighted by molar-refractivity contribution is -0.253. The van der Waals surface area contributed by atoms with E-state index in [0.29, 0.717) is 17.5 Å². The van der Waals surface area contributed by atoms with Crippen LogP contribution < -0.4 is 16.2 Å². The highest BCUT2D eigenvalue weighted by Gasteiger charge is 2.43. The number of aromatic nitrogens is 2. The first kappa shape index (κ1) is 15.8. The lowest BCUT2D eigenvalue weighted by atomic mass is 10.1. The van der Waals surface area contributed by atoms with E-state index in [1.807, 2.05) is 0 Å². The Morgan fingerprint density at radius 1 is 1.14 bits per heavy atom. The maximum Gasteiger partial charge on any atom is 0.461 e. The Morgan fingerprint density at radius 3 is 2.32 bits per heavy atom. The monoisotopic (exact) mass is 316 g/mol. The van der Waals surface area contributed by atoms with Crippen LogP contribution in [0.4, 0.5) is 29.3 Å². The van der Waals surface area contributed by atoms with Gasteiger partial charge in [0.15, 0.2) is 0 Å². The second kappa shape index (κ2) is 6.04. The number of hydrogen-bond donors (Lipinski definition) is 2. The van der Waals surface area contributed by atoms with E-state index < -0.39 is 12.5 Å². The molecule has 0 aliphatic heterocycles. The summed E-state index contributed by atoms with van der Waals surface area (Å²) in [6, 6.07) is 5.24. The van der Waals surface area contributed by atoms with Crippen LogP contribution >= 0.6 is 0 Å². The van der Waals surface area contributed by atoms with Crippen molar-refractivity contribution in [1.29, 1.82) is 0 Å².